The number of hydrogen-bond donors (Lipinski definition) is 2. The van der Waals surface area contributed by atoms with Gasteiger partial charge in [0.2, 0.25) is 5.16 Å². The monoisotopic (exact) mass is 314 g/mol. The van der Waals surface area contributed by atoms with Crippen LogP contribution in [0.25, 0.3) is 10.9 Å². The number of pyridine rings is 1. The third kappa shape index (κ3) is 2.92. The molecular weight excluding hydrogens is 296 g/mol. The second kappa shape index (κ2) is 5.96. The van der Waals surface area contributed by atoms with Crippen LogP contribution in [0.15, 0.2) is 28.2 Å². The molecular formula is C16H18N4OS. The quantitative estimate of drug-likeness (QED) is 0.726. The van der Waals surface area contributed by atoms with Crippen LogP contribution in [0.5, 0.6) is 0 Å². The summed E-state index contributed by atoms with van der Waals surface area (Å²) in [5, 5.41) is 8.50. The molecule has 0 saturated heterocycles. The lowest BCUT2D eigenvalue weighted by atomic mass is 10.1. The summed E-state index contributed by atoms with van der Waals surface area (Å²) in [5.41, 5.74) is 4.05. The average molecular weight is 314 g/mol. The Morgan fingerprint density at radius 2 is 2.05 bits per heavy atom. The molecule has 6 heteroatoms. The molecule has 0 radical (unpaired) electrons. The van der Waals surface area contributed by atoms with Crippen molar-refractivity contribution in [1.82, 2.24) is 20.2 Å². The summed E-state index contributed by atoms with van der Waals surface area (Å²) in [6.45, 7) is 6.05. The Labute approximate surface area is 132 Å². The Balaban J connectivity index is 1.90. The predicted molar refractivity (Wildman–Crippen MR) is 89.4 cm³/mol. The van der Waals surface area contributed by atoms with E-state index in [9.17, 15) is 4.79 Å². The van der Waals surface area contributed by atoms with Crippen LogP contribution in [0.4, 0.5) is 0 Å². The van der Waals surface area contributed by atoms with Gasteiger partial charge in [-0.1, -0.05) is 24.8 Å². The molecule has 0 aliphatic rings. The normalized spacial score (nSPS) is 11.2. The van der Waals surface area contributed by atoms with Crippen molar-refractivity contribution in [3.8, 4) is 0 Å². The number of nitrogens with zero attached hydrogens (tertiary/aromatic N) is 2. The zero-order valence-electron chi connectivity index (χ0n) is 12.9. The predicted octanol–water partition coefficient (Wildman–Crippen LogP) is 3.12. The zero-order valence-corrected chi connectivity index (χ0v) is 13.7. The van der Waals surface area contributed by atoms with Crippen molar-refractivity contribution < 1.29 is 0 Å². The smallest absolute Gasteiger partial charge is 0.208 e. The molecule has 22 heavy (non-hydrogen) atoms. The SMILES string of the molecule is CCc1nc(SCc2cc(=O)c3cc(C)cc(C)c3[nH]2)n[nH]1. The van der Waals surface area contributed by atoms with Gasteiger partial charge in [0.25, 0.3) is 0 Å². The topological polar surface area (TPSA) is 74.4 Å². The molecule has 0 unspecified atom stereocenters. The van der Waals surface area contributed by atoms with Crippen molar-refractivity contribution in [2.75, 3.05) is 0 Å². The maximum atomic E-state index is 12.3. The van der Waals surface area contributed by atoms with Crippen LogP contribution in [0, 0.1) is 13.8 Å². The minimum Gasteiger partial charge on any atom is -0.357 e. The Morgan fingerprint density at radius 1 is 1.23 bits per heavy atom. The van der Waals surface area contributed by atoms with E-state index in [1.807, 2.05) is 26.8 Å². The Bertz CT molecular complexity index is 881. The van der Waals surface area contributed by atoms with Gasteiger partial charge in [-0.25, -0.2) is 4.98 Å². The zero-order chi connectivity index (χ0) is 15.7. The molecule has 2 N–H and O–H groups in total. The Hall–Kier alpha value is -2.08. The first-order chi connectivity index (χ1) is 10.6. The second-order valence-corrected chi connectivity index (χ2v) is 6.31. The van der Waals surface area contributed by atoms with E-state index in [1.54, 1.807) is 6.07 Å². The van der Waals surface area contributed by atoms with Crippen molar-refractivity contribution in [3.63, 3.8) is 0 Å². The number of rotatable bonds is 4. The Kier molecular flexibility index (Phi) is 4.02. The second-order valence-electron chi connectivity index (χ2n) is 5.37. The maximum absolute atomic E-state index is 12.3. The number of benzene rings is 1. The minimum absolute atomic E-state index is 0.0559. The minimum atomic E-state index is 0.0559. The number of H-pyrrole nitrogens is 2. The molecule has 114 valence electrons. The standard InChI is InChI=1S/C16H18N4OS/c1-4-14-18-16(20-19-14)22-8-11-7-13(21)12-6-9(2)5-10(3)15(12)17-11/h5-7H,4,8H2,1-3H3,(H,17,21)(H,18,19,20). The van der Waals surface area contributed by atoms with Gasteiger partial charge in [-0.15, -0.1) is 5.10 Å². The molecule has 0 atom stereocenters. The molecule has 0 bridgehead atoms. The lowest BCUT2D eigenvalue weighted by Gasteiger charge is -2.07. The Morgan fingerprint density at radius 3 is 2.77 bits per heavy atom. The van der Waals surface area contributed by atoms with E-state index in [2.05, 4.69) is 26.2 Å². The summed E-state index contributed by atoms with van der Waals surface area (Å²) in [5.74, 6) is 1.51. The van der Waals surface area contributed by atoms with Gasteiger partial charge in [0, 0.05) is 29.3 Å². The molecule has 3 aromatic rings. The number of thioether (sulfide) groups is 1. The molecule has 0 saturated carbocycles. The molecule has 5 nitrogen and oxygen atoms in total. The van der Waals surface area contributed by atoms with E-state index in [-0.39, 0.29) is 5.43 Å². The molecule has 2 aromatic heterocycles. The number of aryl methyl sites for hydroxylation is 3. The summed E-state index contributed by atoms with van der Waals surface area (Å²) >= 11 is 1.51. The maximum Gasteiger partial charge on any atom is 0.208 e. The molecule has 3 rings (SSSR count). The van der Waals surface area contributed by atoms with Crippen LogP contribution in [0.2, 0.25) is 0 Å². The summed E-state index contributed by atoms with van der Waals surface area (Å²) < 4.78 is 0. The van der Waals surface area contributed by atoms with Gasteiger partial charge in [-0.05, 0) is 31.0 Å². The first-order valence-electron chi connectivity index (χ1n) is 7.24. The van der Waals surface area contributed by atoms with Crippen molar-refractivity contribution in [2.45, 2.75) is 38.1 Å². The molecule has 1 aromatic carbocycles. The summed E-state index contributed by atoms with van der Waals surface area (Å²) in [6, 6.07) is 5.68. The van der Waals surface area contributed by atoms with Crippen LogP contribution in [0.3, 0.4) is 0 Å². The fourth-order valence-corrected chi connectivity index (χ4v) is 3.21. The third-order valence-electron chi connectivity index (χ3n) is 3.54. The fourth-order valence-electron chi connectivity index (χ4n) is 2.48. The van der Waals surface area contributed by atoms with Crippen molar-refractivity contribution in [1.29, 1.82) is 0 Å². The summed E-state index contributed by atoms with van der Waals surface area (Å²) in [7, 11) is 0. The van der Waals surface area contributed by atoms with Gasteiger partial charge in [0.05, 0.1) is 5.52 Å². The van der Waals surface area contributed by atoms with E-state index in [0.717, 1.165) is 40.0 Å². The van der Waals surface area contributed by atoms with Crippen LogP contribution >= 0.6 is 11.8 Å². The van der Waals surface area contributed by atoms with Crippen molar-refractivity contribution >= 4 is 22.7 Å². The van der Waals surface area contributed by atoms with Gasteiger partial charge in [0.15, 0.2) is 5.43 Å². The molecule has 0 aliphatic carbocycles. The van der Waals surface area contributed by atoms with Gasteiger partial charge in [0.1, 0.15) is 5.82 Å². The molecule has 0 amide bonds. The molecule has 0 spiro atoms. The van der Waals surface area contributed by atoms with Gasteiger partial charge >= 0.3 is 0 Å². The van der Waals surface area contributed by atoms with Crippen LogP contribution in [-0.2, 0) is 12.2 Å². The molecule has 2 heterocycles. The van der Waals surface area contributed by atoms with E-state index in [1.165, 1.54) is 11.8 Å². The highest BCUT2D eigenvalue weighted by Crippen LogP contribution is 2.20. The molecule has 0 aliphatic heterocycles. The highest BCUT2D eigenvalue weighted by molar-refractivity contribution is 7.98. The van der Waals surface area contributed by atoms with Gasteiger partial charge in [-0.3, -0.25) is 9.89 Å². The van der Waals surface area contributed by atoms with Crippen molar-refractivity contribution in [3.05, 3.63) is 51.1 Å². The lowest BCUT2D eigenvalue weighted by Crippen LogP contribution is -2.06. The first-order valence-corrected chi connectivity index (χ1v) is 8.22. The number of hydrogen-bond acceptors (Lipinski definition) is 4. The third-order valence-corrected chi connectivity index (χ3v) is 4.44. The average Bonchev–Trinajstić information content (AvgIpc) is 2.94. The van der Waals surface area contributed by atoms with E-state index >= 15 is 0 Å². The summed E-state index contributed by atoms with van der Waals surface area (Å²) in [6.07, 6.45) is 0.832. The number of aromatic amines is 2. The van der Waals surface area contributed by atoms with Crippen LogP contribution in [0.1, 0.15) is 29.6 Å². The fraction of sp³-hybridized carbons (Fsp3) is 0.312. The van der Waals surface area contributed by atoms with Gasteiger partial charge in [-0.2, -0.15) is 0 Å². The van der Waals surface area contributed by atoms with E-state index in [0.29, 0.717) is 10.9 Å². The number of fused-ring (bicyclic) bond motifs is 1. The molecule has 0 fully saturated rings. The van der Waals surface area contributed by atoms with Crippen molar-refractivity contribution in [2.24, 2.45) is 0 Å². The van der Waals surface area contributed by atoms with Crippen LogP contribution < -0.4 is 5.43 Å². The first kappa shape index (κ1) is 14.8. The highest BCUT2D eigenvalue weighted by Gasteiger charge is 2.08. The van der Waals surface area contributed by atoms with Gasteiger partial charge < -0.3 is 4.98 Å². The largest absolute Gasteiger partial charge is 0.357 e. The lowest BCUT2D eigenvalue weighted by molar-refractivity contribution is 0.941. The van der Waals surface area contributed by atoms with Crippen LogP contribution in [-0.4, -0.2) is 20.2 Å². The van der Waals surface area contributed by atoms with E-state index in [4.69, 9.17) is 0 Å². The number of nitrogens with one attached hydrogen (secondary N) is 2. The van der Waals surface area contributed by atoms with E-state index < -0.39 is 0 Å². The highest BCUT2D eigenvalue weighted by atomic mass is 32.2. The summed E-state index contributed by atoms with van der Waals surface area (Å²) in [4.78, 5) is 20.0. The number of aromatic nitrogens is 4.